The first-order valence-corrected chi connectivity index (χ1v) is 6.22. The molecule has 1 heterocycles. The van der Waals surface area contributed by atoms with Crippen molar-refractivity contribution in [3.63, 3.8) is 0 Å². The van der Waals surface area contributed by atoms with Crippen molar-refractivity contribution in [1.82, 2.24) is 0 Å². The van der Waals surface area contributed by atoms with E-state index >= 15 is 0 Å². The molecule has 2 aromatic rings. The molecule has 1 aromatic heterocycles. The lowest BCUT2D eigenvalue weighted by atomic mass is 10.2. The van der Waals surface area contributed by atoms with Crippen molar-refractivity contribution in [2.24, 2.45) is 0 Å². The zero-order valence-electron chi connectivity index (χ0n) is 7.82. The van der Waals surface area contributed by atoms with Gasteiger partial charge in [0.15, 0.2) is 5.12 Å². The Bertz CT molecular complexity index is 459. The van der Waals surface area contributed by atoms with Crippen LogP contribution in [0.1, 0.15) is 12.5 Å². The smallest absolute Gasteiger partial charge is 0.186 e. The number of rotatable bonds is 2. The molecule has 0 radical (unpaired) electrons. The fourth-order valence-electron chi connectivity index (χ4n) is 1.29. The van der Waals surface area contributed by atoms with E-state index in [1.165, 1.54) is 27.4 Å². The van der Waals surface area contributed by atoms with Crippen LogP contribution in [0.2, 0.25) is 0 Å². The summed E-state index contributed by atoms with van der Waals surface area (Å²) in [7, 11) is 0. The Balaban J connectivity index is 2.21. The Morgan fingerprint density at radius 2 is 2.29 bits per heavy atom. The molecular weight excluding hydrogens is 212 g/mol. The van der Waals surface area contributed by atoms with E-state index in [4.69, 9.17) is 0 Å². The first-order chi connectivity index (χ1) is 6.75. The molecule has 0 amide bonds. The second-order valence-corrected chi connectivity index (χ2v) is 5.17. The monoisotopic (exact) mass is 222 g/mol. The number of benzene rings is 1. The van der Waals surface area contributed by atoms with Crippen LogP contribution in [0.4, 0.5) is 0 Å². The van der Waals surface area contributed by atoms with E-state index in [2.05, 4.69) is 29.6 Å². The van der Waals surface area contributed by atoms with E-state index in [9.17, 15) is 4.79 Å². The van der Waals surface area contributed by atoms with Crippen molar-refractivity contribution < 1.29 is 4.79 Å². The predicted molar refractivity (Wildman–Crippen MR) is 63.8 cm³/mol. The average molecular weight is 222 g/mol. The topological polar surface area (TPSA) is 17.1 Å². The first kappa shape index (κ1) is 9.74. The molecule has 0 N–H and O–H groups in total. The average Bonchev–Trinajstić information content (AvgIpc) is 2.61. The van der Waals surface area contributed by atoms with Crippen LogP contribution in [0.25, 0.3) is 10.1 Å². The molecule has 0 aliphatic carbocycles. The van der Waals surface area contributed by atoms with E-state index < -0.39 is 0 Å². The van der Waals surface area contributed by atoms with Crippen LogP contribution in [0, 0.1) is 0 Å². The van der Waals surface area contributed by atoms with E-state index in [1.54, 1.807) is 18.3 Å². The molecule has 72 valence electrons. The van der Waals surface area contributed by atoms with E-state index in [0.717, 1.165) is 5.75 Å². The number of hydrogen-bond donors (Lipinski definition) is 0. The number of thioether (sulfide) groups is 1. The van der Waals surface area contributed by atoms with Crippen molar-refractivity contribution in [3.8, 4) is 0 Å². The van der Waals surface area contributed by atoms with Gasteiger partial charge in [-0.2, -0.15) is 0 Å². The molecule has 3 heteroatoms. The third-order valence-electron chi connectivity index (χ3n) is 1.96. The molecule has 0 spiro atoms. The van der Waals surface area contributed by atoms with Gasteiger partial charge in [-0.1, -0.05) is 17.8 Å². The van der Waals surface area contributed by atoms with Crippen molar-refractivity contribution in [3.05, 3.63) is 35.2 Å². The summed E-state index contributed by atoms with van der Waals surface area (Å²) in [6.07, 6.45) is 0. The molecule has 0 saturated heterocycles. The molecule has 2 rings (SSSR count). The third kappa shape index (κ3) is 2.16. The van der Waals surface area contributed by atoms with Gasteiger partial charge in [0, 0.05) is 17.4 Å². The lowest BCUT2D eigenvalue weighted by Crippen LogP contribution is -1.84. The second-order valence-electron chi connectivity index (χ2n) is 3.07. The van der Waals surface area contributed by atoms with Crippen LogP contribution in [-0.4, -0.2) is 5.12 Å². The molecular formula is C11H10OS2. The number of hydrogen-bond acceptors (Lipinski definition) is 3. The summed E-state index contributed by atoms with van der Waals surface area (Å²) < 4.78 is 1.31. The summed E-state index contributed by atoms with van der Waals surface area (Å²) in [6, 6.07) is 8.48. The number of carbonyl (C=O) groups excluding carboxylic acids is 1. The van der Waals surface area contributed by atoms with Gasteiger partial charge in [0.25, 0.3) is 0 Å². The van der Waals surface area contributed by atoms with E-state index in [-0.39, 0.29) is 5.12 Å². The molecule has 0 unspecified atom stereocenters. The highest BCUT2D eigenvalue weighted by Crippen LogP contribution is 2.23. The normalized spacial score (nSPS) is 10.6. The fourth-order valence-corrected chi connectivity index (χ4v) is 2.61. The van der Waals surface area contributed by atoms with Crippen LogP contribution in [0.5, 0.6) is 0 Å². The van der Waals surface area contributed by atoms with Gasteiger partial charge in [-0.15, -0.1) is 11.3 Å². The minimum absolute atomic E-state index is 0.176. The summed E-state index contributed by atoms with van der Waals surface area (Å²) in [6.45, 7) is 1.60. The highest BCUT2D eigenvalue weighted by Gasteiger charge is 1.99. The van der Waals surface area contributed by atoms with Gasteiger partial charge in [0.2, 0.25) is 0 Å². The van der Waals surface area contributed by atoms with Gasteiger partial charge < -0.3 is 0 Å². The molecule has 14 heavy (non-hydrogen) atoms. The maximum atomic E-state index is 10.8. The van der Waals surface area contributed by atoms with E-state index in [1.807, 2.05) is 0 Å². The lowest BCUT2D eigenvalue weighted by molar-refractivity contribution is -0.109. The Hall–Kier alpha value is -0.800. The molecule has 0 saturated carbocycles. The van der Waals surface area contributed by atoms with Gasteiger partial charge in [-0.05, 0) is 34.5 Å². The Morgan fingerprint density at radius 1 is 1.43 bits per heavy atom. The third-order valence-corrected chi connectivity index (χ3v) is 3.74. The summed E-state index contributed by atoms with van der Waals surface area (Å²) in [5.41, 5.74) is 1.22. The number of thiophene rings is 1. The van der Waals surface area contributed by atoms with Gasteiger partial charge >= 0.3 is 0 Å². The Morgan fingerprint density at radius 3 is 3.07 bits per heavy atom. The fraction of sp³-hybridized carbons (Fsp3) is 0.182. The molecule has 0 aliphatic heterocycles. The standard InChI is InChI=1S/C11H10OS2/c1-8(12)14-7-9-2-3-11-10(6-9)4-5-13-11/h2-6H,7H2,1H3. The summed E-state index contributed by atoms with van der Waals surface area (Å²) in [5, 5.41) is 3.54. The highest BCUT2D eigenvalue weighted by molar-refractivity contribution is 8.12. The van der Waals surface area contributed by atoms with E-state index in [0.29, 0.717) is 0 Å². The van der Waals surface area contributed by atoms with Crippen LogP contribution >= 0.6 is 23.1 Å². The van der Waals surface area contributed by atoms with Gasteiger partial charge in [-0.3, -0.25) is 4.79 Å². The van der Waals surface area contributed by atoms with Crippen LogP contribution < -0.4 is 0 Å². The molecule has 0 bridgehead atoms. The summed E-state index contributed by atoms with van der Waals surface area (Å²) >= 11 is 3.11. The molecule has 0 aliphatic rings. The van der Waals surface area contributed by atoms with Gasteiger partial charge in [-0.25, -0.2) is 0 Å². The molecule has 0 atom stereocenters. The predicted octanol–water partition coefficient (Wildman–Crippen LogP) is 3.68. The lowest BCUT2D eigenvalue weighted by Gasteiger charge is -1.98. The van der Waals surface area contributed by atoms with Crippen molar-refractivity contribution >= 4 is 38.3 Å². The minimum atomic E-state index is 0.176. The summed E-state index contributed by atoms with van der Waals surface area (Å²) in [4.78, 5) is 10.8. The van der Waals surface area contributed by atoms with Crippen molar-refractivity contribution in [2.75, 3.05) is 0 Å². The maximum absolute atomic E-state index is 10.8. The minimum Gasteiger partial charge on any atom is -0.288 e. The molecule has 0 fully saturated rings. The molecule has 1 nitrogen and oxygen atoms in total. The van der Waals surface area contributed by atoms with Crippen molar-refractivity contribution in [1.29, 1.82) is 0 Å². The van der Waals surface area contributed by atoms with Gasteiger partial charge in [0.1, 0.15) is 0 Å². The zero-order valence-corrected chi connectivity index (χ0v) is 9.45. The van der Waals surface area contributed by atoms with Crippen LogP contribution in [0.15, 0.2) is 29.6 Å². The van der Waals surface area contributed by atoms with Crippen LogP contribution in [-0.2, 0) is 10.5 Å². The second kappa shape index (κ2) is 4.15. The zero-order chi connectivity index (χ0) is 9.97. The number of carbonyl (C=O) groups is 1. The first-order valence-electron chi connectivity index (χ1n) is 4.35. The maximum Gasteiger partial charge on any atom is 0.186 e. The van der Waals surface area contributed by atoms with Crippen LogP contribution in [0.3, 0.4) is 0 Å². The Labute approximate surface area is 91.1 Å². The van der Waals surface area contributed by atoms with Gasteiger partial charge in [0.05, 0.1) is 0 Å². The highest BCUT2D eigenvalue weighted by atomic mass is 32.2. The largest absolute Gasteiger partial charge is 0.288 e. The summed E-state index contributed by atoms with van der Waals surface area (Å²) in [5.74, 6) is 0.779. The quantitative estimate of drug-likeness (QED) is 0.771. The Kier molecular flexibility index (Phi) is 2.89. The SMILES string of the molecule is CC(=O)SCc1ccc2sccc2c1. The molecule has 1 aromatic carbocycles. The number of fused-ring (bicyclic) bond motifs is 1. The van der Waals surface area contributed by atoms with Crippen molar-refractivity contribution in [2.45, 2.75) is 12.7 Å².